The standard InChI is InChI=1S/C14H15Cl2N3O2/c1-7-10(8(2)19-18-7)6-17-14(20)9-4-11(15)13(21-3)12(16)5-9/h4-5H,6H2,1-3H3,(H,17,20)(H,18,19). The molecule has 0 atom stereocenters. The van der Waals surface area contributed by atoms with Crippen LogP contribution in [-0.2, 0) is 6.54 Å². The molecule has 7 heteroatoms. The summed E-state index contributed by atoms with van der Waals surface area (Å²) in [6, 6.07) is 3.05. The zero-order chi connectivity index (χ0) is 15.6. The maximum Gasteiger partial charge on any atom is 0.251 e. The fourth-order valence-electron chi connectivity index (χ4n) is 1.99. The molecule has 0 unspecified atom stereocenters. The third-order valence-corrected chi connectivity index (χ3v) is 3.73. The van der Waals surface area contributed by atoms with Gasteiger partial charge in [-0.2, -0.15) is 5.10 Å². The highest BCUT2D eigenvalue weighted by atomic mass is 35.5. The van der Waals surface area contributed by atoms with Crippen molar-refractivity contribution in [2.45, 2.75) is 20.4 Å². The van der Waals surface area contributed by atoms with Gasteiger partial charge < -0.3 is 10.1 Å². The number of halogens is 2. The molecule has 0 fully saturated rings. The second-order valence-corrected chi connectivity index (χ2v) is 5.38. The lowest BCUT2D eigenvalue weighted by molar-refractivity contribution is 0.0951. The third-order valence-electron chi connectivity index (χ3n) is 3.17. The van der Waals surface area contributed by atoms with E-state index in [-0.39, 0.29) is 5.91 Å². The van der Waals surface area contributed by atoms with Gasteiger partial charge in [0, 0.05) is 23.4 Å². The number of hydrogen-bond donors (Lipinski definition) is 2. The van der Waals surface area contributed by atoms with Crippen LogP contribution in [0.5, 0.6) is 5.75 Å². The van der Waals surface area contributed by atoms with E-state index in [9.17, 15) is 4.79 Å². The number of aromatic amines is 1. The molecule has 1 amide bonds. The Kier molecular flexibility index (Phi) is 4.75. The van der Waals surface area contributed by atoms with Gasteiger partial charge in [0.25, 0.3) is 5.91 Å². The first-order valence-electron chi connectivity index (χ1n) is 6.25. The second-order valence-electron chi connectivity index (χ2n) is 4.57. The normalized spacial score (nSPS) is 10.5. The molecule has 1 heterocycles. The molecule has 112 valence electrons. The maximum absolute atomic E-state index is 12.2. The van der Waals surface area contributed by atoms with Crippen LogP contribution in [0.4, 0.5) is 0 Å². The van der Waals surface area contributed by atoms with Gasteiger partial charge in [0.2, 0.25) is 0 Å². The van der Waals surface area contributed by atoms with Crippen molar-refractivity contribution in [3.63, 3.8) is 0 Å². The van der Waals surface area contributed by atoms with E-state index in [2.05, 4.69) is 15.5 Å². The summed E-state index contributed by atoms with van der Waals surface area (Å²) in [5.74, 6) is 0.0952. The maximum atomic E-state index is 12.2. The lowest BCUT2D eigenvalue weighted by atomic mass is 10.1. The number of nitrogens with zero attached hydrogens (tertiary/aromatic N) is 1. The average Bonchev–Trinajstić information content (AvgIpc) is 2.75. The quantitative estimate of drug-likeness (QED) is 0.905. The van der Waals surface area contributed by atoms with Crippen LogP contribution in [0.15, 0.2) is 12.1 Å². The van der Waals surface area contributed by atoms with E-state index < -0.39 is 0 Å². The van der Waals surface area contributed by atoms with Gasteiger partial charge >= 0.3 is 0 Å². The van der Waals surface area contributed by atoms with E-state index in [4.69, 9.17) is 27.9 Å². The smallest absolute Gasteiger partial charge is 0.251 e. The van der Waals surface area contributed by atoms with E-state index in [1.165, 1.54) is 19.2 Å². The topological polar surface area (TPSA) is 67.0 Å². The Balaban J connectivity index is 2.14. The Morgan fingerprint density at radius 1 is 1.33 bits per heavy atom. The number of nitrogens with one attached hydrogen (secondary N) is 2. The van der Waals surface area contributed by atoms with E-state index in [0.29, 0.717) is 27.9 Å². The molecule has 21 heavy (non-hydrogen) atoms. The van der Waals surface area contributed by atoms with Gasteiger partial charge in [-0.25, -0.2) is 0 Å². The monoisotopic (exact) mass is 327 g/mol. The van der Waals surface area contributed by atoms with Crippen molar-refractivity contribution in [2.75, 3.05) is 7.11 Å². The molecule has 0 radical (unpaired) electrons. The molecule has 0 saturated carbocycles. The zero-order valence-electron chi connectivity index (χ0n) is 11.9. The summed E-state index contributed by atoms with van der Waals surface area (Å²) in [5, 5.41) is 10.4. The molecule has 0 aliphatic rings. The summed E-state index contributed by atoms with van der Waals surface area (Å²) in [6.45, 7) is 4.17. The van der Waals surface area contributed by atoms with Crippen LogP contribution in [0.1, 0.15) is 27.3 Å². The van der Waals surface area contributed by atoms with Gasteiger partial charge in [0.1, 0.15) is 0 Å². The fourth-order valence-corrected chi connectivity index (χ4v) is 2.63. The highest BCUT2D eigenvalue weighted by Gasteiger charge is 2.14. The number of aryl methyl sites for hydroxylation is 2. The van der Waals surface area contributed by atoms with Crippen molar-refractivity contribution >= 4 is 29.1 Å². The molecule has 0 saturated heterocycles. The van der Waals surface area contributed by atoms with E-state index in [1.54, 1.807) is 0 Å². The lowest BCUT2D eigenvalue weighted by Gasteiger charge is -2.09. The molecular weight excluding hydrogens is 313 g/mol. The minimum Gasteiger partial charge on any atom is -0.494 e. The SMILES string of the molecule is COc1c(Cl)cc(C(=O)NCc2c(C)n[nH]c2C)cc1Cl. The summed E-state index contributed by atoms with van der Waals surface area (Å²) in [7, 11) is 1.47. The first-order chi connectivity index (χ1) is 9.93. The molecule has 0 aliphatic carbocycles. The molecule has 2 aromatic rings. The first-order valence-corrected chi connectivity index (χ1v) is 7.01. The van der Waals surface area contributed by atoms with Gasteiger partial charge in [-0.15, -0.1) is 0 Å². The van der Waals surface area contributed by atoms with Crippen molar-refractivity contribution in [1.29, 1.82) is 0 Å². The van der Waals surface area contributed by atoms with Crippen molar-refractivity contribution < 1.29 is 9.53 Å². The number of amides is 1. The van der Waals surface area contributed by atoms with Crippen LogP contribution in [0.2, 0.25) is 10.0 Å². The van der Waals surface area contributed by atoms with Gasteiger partial charge in [-0.3, -0.25) is 9.89 Å². The summed E-state index contributed by atoms with van der Waals surface area (Å²) in [5.41, 5.74) is 3.14. The van der Waals surface area contributed by atoms with E-state index in [1.807, 2.05) is 13.8 Å². The summed E-state index contributed by atoms with van der Waals surface area (Å²) >= 11 is 12.0. The summed E-state index contributed by atoms with van der Waals surface area (Å²) in [6.07, 6.45) is 0. The molecule has 0 spiro atoms. The number of hydrogen-bond acceptors (Lipinski definition) is 3. The van der Waals surface area contributed by atoms with Crippen molar-refractivity contribution in [3.8, 4) is 5.75 Å². The van der Waals surface area contributed by atoms with Crippen LogP contribution in [-0.4, -0.2) is 23.2 Å². The average molecular weight is 328 g/mol. The number of rotatable bonds is 4. The van der Waals surface area contributed by atoms with Crippen LogP contribution >= 0.6 is 23.2 Å². The van der Waals surface area contributed by atoms with Crippen LogP contribution in [0, 0.1) is 13.8 Å². The first kappa shape index (κ1) is 15.7. The molecule has 1 aromatic carbocycles. The molecule has 2 rings (SSSR count). The zero-order valence-corrected chi connectivity index (χ0v) is 13.4. The van der Waals surface area contributed by atoms with Gasteiger partial charge in [-0.1, -0.05) is 23.2 Å². The van der Waals surface area contributed by atoms with Crippen molar-refractivity contribution in [1.82, 2.24) is 15.5 Å². The number of aromatic nitrogens is 2. The van der Waals surface area contributed by atoms with Gasteiger partial charge in [-0.05, 0) is 26.0 Å². The highest BCUT2D eigenvalue weighted by molar-refractivity contribution is 6.37. The Morgan fingerprint density at radius 3 is 2.43 bits per heavy atom. The molecular formula is C14H15Cl2N3O2. The lowest BCUT2D eigenvalue weighted by Crippen LogP contribution is -2.23. The molecule has 0 bridgehead atoms. The van der Waals surface area contributed by atoms with Crippen LogP contribution < -0.4 is 10.1 Å². The summed E-state index contributed by atoms with van der Waals surface area (Å²) < 4.78 is 5.05. The number of ether oxygens (including phenoxy) is 1. The van der Waals surface area contributed by atoms with E-state index >= 15 is 0 Å². The Bertz CT molecular complexity index is 640. The van der Waals surface area contributed by atoms with Crippen LogP contribution in [0.3, 0.4) is 0 Å². The Labute approximate surface area is 132 Å². The highest BCUT2D eigenvalue weighted by Crippen LogP contribution is 2.33. The number of methoxy groups -OCH3 is 1. The van der Waals surface area contributed by atoms with Gasteiger partial charge in [0.05, 0.1) is 22.8 Å². The molecule has 1 aromatic heterocycles. The number of carbonyl (C=O) groups excluding carboxylic acids is 1. The van der Waals surface area contributed by atoms with Gasteiger partial charge in [0.15, 0.2) is 5.75 Å². The summed E-state index contributed by atoms with van der Waals surface area (Å²) in [4.78, 5) is 12.2. The number of carbonyl (C=O) groups is 1. The number of H-pyrrole nitrogens is 1. The molecule has 0 aliphatic heterocycles. The molecule has 5 nitrogen and oxygen atoms in total. The largest absolute Gasteiger partial charge is 0.494 e. The third kappa shape index (κ3) is 3.31. The van der Waals surface area contributed by atoms with Crippen molar-refractivity contribution in [2.24, 2.45) is 0 Å². The van der Waals surface area contributed by atoms with E-state index in [0.717, 1.165) is 17.0 Å². The molecule has 2 N–H and O–H groups in total. The predicted molar refractivity (Wildman–Crippen MR) is 82.2 cm³/mol. The Hall–Kier alpha value is -1.72. The number of benzene rings is 1. The Morgan fingerprint density at radius 2 is 1.95 bits per heavy atom. The van der Waals surface area contributed by atoms with Crippen molar-refractivity contribution in [3.05, 3.63) is 44.7 Å². The fraction of sp³-hybridized carbons (Fsp3) is 0.286. The second kappa shape index (κ2) is 6.37. The predicted octanol–water partition coefficient (Wildman–Crippen LogP) is 3.27. The minimum absolute atomic E-state index is 0.263. The minimum atomic E-state index is -0.263. The van der Waals surface area contributed by atoms with Crippen LogP contribution in [0.25, 0.3) is 0 Å².